The predicted octanol–water partition coefficient (Wildman–Crippen LogP) is 2.30. The third kappa shape index (κ3) is 4.30. The average molecular weight is 299 g/mol. The molecule has 0 saturated heterocycles. The molecule has 1 unspecified atom stereocenters. The van der Waals surface area contributed by atoms with E-state index in [-0.39, 0.29) is 25.1 Å². The minimum atomic E-state index is -0.123. The zero-order chi connectivity index (χ0) is 15.8. The molecule has 1 aromatic carbocycles. The third-order valence-electron chi connectivity index (χ3n) is 3.49. The van der Waals surface area contributed by atoms with Gasteiger partial charge in [0.15, 0.2) is 0 Å². The number of nitrogens with one attached hydrogen (secondary N) is 1. The number of para-hydroxylation sites is 1. The molecule has 1 atom stereocenters. The minimum Gasteiger partial charge on any atom is -0.394 e. The predicted molar refractivity (Wildman–Crippen MR) is 87.8 cm³/mol. The van der Waals surface area contributed by atoms with E-state index in [2.05, 4.69) is 10.3 Å². The molecule has 116 valence electrons. The first-order valence-electron chi connectivity index (χ1n) is 7.37. The van der Waals surface area contributed by atoms with Gasteiger partial charge in [-0.3, -0.25) is 9.78 Å². The first-order valence-corrected chi connectivity index (χ1v) is 7.37. The highest BCUT2D eigenvalue weighted by molar-refractivity contribution is 5.94. The van der Waals surface area contributed by atoms with Crippen molar-refractivity contribution >= 4 is 17.3 Å². The van der Waals surface area contributed by atoms with Gasteiger partial charge in [0, 0.05) is 23.8 Å². The number of hydrogen-bond donors (Lipinski definition) is 2. The van der Waals surface area contributed by atoms with Crippen molar-refractivity contribution in [3.8, 4) is 0 Å². The molecule has 2 N–H and O–H groups in total. The molecule has 5 nitrogen and oxygen atoms in total. The summed E-state index contributed by atoms with van der Waals surface area (Å²) in [6.07, 6.45) is 4.02. The Morgan fingerprint density at radius 2 is 1.91 bits per heavy atom. The molecule has 2 aromatic rings. The van der Waals surface area contributed by atoms with Gasteiger partial charge in [-0.25, -0.2) is 0 Å². The van der Waals surface area contributed by atoms with E-state index >= 15 is 0 Å². The first-order chi connectivity index (χ1) is 10.7. The molecule has 0 aliphatic heterocycles. The van der Waals surface area contributed by atoms with E-state index in [0.717, 1.165) is 12.1 Å². The fourth-order valence-electron chi connectivity index (χ4n) is 2.29. The molecule has 1 amide bonds. The van der Waals surface area contributed by atoms with E-state index in [1.54, 1.807) is 24.5 Å². The smallest absolute Gasteiger partial charge is 0.243 e. The van der Waals surface area contributed by atoms with Crippen LogP contribution in [0.2, 0.25) is 0 Å². The van der Waals surface area contributed by atoms with Gasteiger partial charge >= 0.3 is 0 Å². The van der Waals surface area contributed by atoms with E-state index < -0.39 is 0 Å². The fraction of sp³-hybridized carbons (Fsp3) is 0.294. The number of pyridine rings is 1. The number of hydrogen-bond acceptors (Lipinski definition) is 4. The van der Waals surface area contributed by atoms with Crippen molar-refractivity contribution in [2.45, 2.75) is 19.4 Å². The molecule has 5 heteroatoms. The summed E-state index contributed by atoms with van der Waals surface area (Å²) in [5.41, 5.74) is 1.64. The van der Waals surface area contributed by atoms with Gasteiger partial charge in [-0.2, -0.15) is 0 Å². The Balaban J connectivity index is 2.11. The van der Waals surface area contributed by atoms with Crippen LogP contribution in [0.25, 0.3) is 0 Å². The molecular weight excluding hydrogens is 278 g/mol. The second kappa shape index (κ2) is 8.14. The second-order valence-corrected chi connectivity index (χ2v) is 4.99. The maximum absolute atomic E-state index is 12.3. The zero-order valence-electron chi connectivity index (χ0n) is 12.6. The van der Waals surface area contributed by atoms with Crippen LogP contribution >= 0.6 is 0 Å². The summed E-state index contributed by atoms with van der Waals surface area (Å²) in [5.74, 6) is -0.123. The van der Waals surface area contributed by atoms with Gasteiger partial charge in [-0.05, 0) is 30.7 Å². The van der Waals surface area contributed by atoms with Gasteiger partial charge in [0.2, 0.25) is 5.91 Å². The van der Waals surface area contributed by atoms with Crippen molar-refractivity contribution in [1.82, 2.24) is 4.98 Å². The van der Waals surface area contributed by atoms with Crippen molar-refractivity contribution in [1.29, 1.82) is 0 Å². The molecular formula is C17H21N3O2. The number of nitrogens with zero attached hydrogens (tertiary/aromatic N) is 2. The molecule has 0 spiro atoms. The van der Waals surface area contributed by atoms with Crippen LogP contribution in [0, 0.1) is 0 Å². The normalized spacial score (nSPS) is 11.7. The standard InChI is InChI=1S/C17H21N3O2/c1-2-15(13-21)20(16-6-4-3-5-7-16)12-17(22)19-14-8-10-18-11-9-14/h3-11,15,21H,2,12-13H2,1H3,(H,18,19,22). The maximum Gasteiger partial charge on any atom is 0.243 e. The van der Waals surface area contributed by atoms with Crippen LogP contribution in [0.3, 0.4) is 0 Å². The number of benzene rings is 1. The fourth-order valence-corrected chi connectivity index (χ4v) is 2.29. The number of aromatic nitrogens is 1. The van der Waals surface area contributed by atoms with Crippen LogP contribution < -0.4 is 10.2 Å². The van der Waals surface area contributed by atoms with Crippen LogP contribution in [0.4, 0.5) is 11.4 Å². The monoisotopic (exact) mass is 299 g/mol. The Kier molecular flexibility index (Phi) is 5.91. The molecule has 0 radical (unpaired) electrons. The maximum atomic E-state index is 12.3. The van der Waals surface area contributed by atoms with E-state index in [1.807, 2.05) is 42.2 Å². The number of aliphatic hydroxyl groups is 1. The summed E-state index contributed by atoms with van der Waals surface area (Å²) in [7, 11) is 0. The number of carbonyl (C=O) groups excluding carboxylic acids is 1. The van der Waals surface area contributed by atoms with Crippen LogP contribution in [0.15, 0.2) is 54.9 Å². The Bertz CT molecular complexity index is 571. The molecule has 1 aromatic heterocycles. The van der Waals surface area contributed by atoms with Gasteiger partial charge in [-0.15, -0.1) is 0 Å². The molecule has 0 saturated carbocycles. The summed E-state index contributed by atoms with van der Waals surface area (Å²) in [6.45, 7) is 2.19. The molecule has 0 bridgehead atoms. The Morgan fingerprint density at radius 1 is 1.23 bits per heavy atom. The van der Waals surface area contributed by atoms with Crippen molar-refractivity contribution < 1.29 is 9.90 Å². The molecule has 0 fully saturated rings. The number of rotatable bonds is 7. The lowest BCUT2D eigenvalue weighted by atomic mass is 10.1. The molecule has 0 aliphatic carbocycles. The SMILES string of the molecule is CCC(CO)N(CC(=O)Nc1ccncc1)c1ccccc1. The lowest BCUT2D eigenvalue weighted by Gasteiger charge is -2.31. The molecule has 1 heterocycles. The van der Waals surface area contributed by atoms with Gasteiger partial charge in [-0.1, -0.05) is 25.1 Å². The van der Waals surface area contributed by atoms with Crippen molar-refractivity contribution in [3.05, 3.63) is 54.9 Å². The lowest BCUT2D eigenvalue weighted by Crippen LogP contribution is -2.42. The van der Waals surface area contributed by atoms with Gasteiger partial charge in [0.1, 0.15) is 0 Å². The highest BCUT2D eigenvalue weighted by Crippen LogP contribution is 2.18. The summed E-state index contributed by atoms with van der Waals surface area (Å²) in [6, 6.07) is 13.1. The van der Waals surface area contributed by atoms with E-state index in [9.17, 15) is 9.90 Å². The summed E-state index contributed by atoms with van der Waals surface area (Å²) < 4.78 is 0. The van der Waals surface area contributed by atoms with E-state index in [4.69, 9.17) is 0 Å². The van der Waals surface area contributed by atoms with Crippen molar-refractivity contribution in [2.75, 3.05) is 23.4 Å². The summed E-state index contributed by atoms with van der Waals surface area (Å²) in [5, 5.41) is 12.4. The topological polar surface area (TPSA) is 65.5 Å². The van der Waals surface area contributed by atoms with Gasteiger partial charge in [0.25, 0.3) is 0 Å². The average Bonchev–Trinajstić information content (AvgIpc) is 2.56. The summed E-state index contributed by atoms with van der Waals surface area (Å²) >= 11 is 0. The Hall–Kier alpha value is -2.40. The van der Waals surface area contributed by atoms with Gasteiger partial charge in [0.05, 0.1) is 19.2 Å². The third-order valence-corrected chi connectivity index (χ3v) is 3.49. The number of carbonyl (C=O) groups is 1. The summed E-state index contributed by atoms with van der Waals surface area (Å²) in [4.78, 5) is 18.1. The lowest BCUT2D eigenvalue weighted by molar-refractivity contribution is -0.115. The molecule has 0 aliphatic rings. The quantitative estimate of drug-likeness (QED) is 0.823. The number of amides is 1. The zero-order valence-corrected chi connectivity index (χ0v) is 12.6. The highest BCUT2D eigenvalue weighted by Gasteiger charge is 2.19. The second-order valence-electron chi connectivity index (χ2n) is 4.99. The first kappa shape index (κ1) is 16.0. The van der Waals surface area contributed by atoms with Crippen LogP contribution in [0.1, 0.15) is 13.3 Å². The van der Waals surface area contributed by atoms with Crippen LogP contribution in [-0.2, 0) is 4.79 Å². The van der Waals surface area contributed by atoms with Crippen LogP contribution in [0.5, 0.6) is 0 Å². The van der Waals surface area contributed by atoms with Crippen molar-refractivity contribution in [2.24, 2.45) is 0 Å². The minimum absolute atomic E-state index is 0.00787. The Labute approximate surface area is 130 Å². The van der Waals surface area contributed by atoms with E-state index in [1.165, 1.54) is 0 Å². The van der Waals surface area contributed by atoms with Crippen LogP contribution in [-0.4, -0.2) is 35.2 Å². The van der Waals surface area contributed by atoms with E-state index in [0.29, 0.717) is 5.69 Å². The Morgan fingerprint density at radius 3 is 2.50 bits per heavy atom. The number of aliphatic hydroxyl groups excluding tert-OH is 1. The molecule has 2 rings (SSSR count). The molecule has 22 heavy (non-hydrogen) atoms. The van der Waals surface area contributed by atoms with Gasteiger partial charge < -0.3 is 15.3 Å². The largest absolute Gasteiger partial charge is 0.394 e. The number of anilines is 2. The van der Waals surface area contributed by atoms with Crippen molar-refractivity contribution in [3.63, 3.8) is 0 Å². The highest BCUT2D eigenvalue weighted by atomic mass is 16.3.